The normalized spacial score (nSPS) is 13.9. The van der Waals surface area contributed by atoms with E-state index >= 15 is 0 Å². The first-order chi connectivity index (χ1) is 14.4. The quantitative estimate of drug-likeness (QED) is 0.678. The summed E-state index contributed by atoms with van der Waals surface area (Å²) in [7, 11) is 1.44. The van der Waals surface area contributed by atoms with Crippen LogP contribution in [0.15, 0.2) is 54.6 Å². The molecule has 1 aliphatic heterocycles. The molecule has 0 saturated carbocycles. The summed E-state index contributed by atoms with van der Waals surface area (Å²) in [5.74, 6) is -1.42. The number of amides is 3. The minimum absolute atomic E-state index is 0.293. The molecule has 7 nitrogen and oxygen atoms in total. The number of hydrogen-bond acceptors (Lipinski definition) is 5. The molecule has 2 heterocycles. The zero-order chi connectivity index (χ0) is 21.4. The van der Waals surface area contributed by atoms with Crippen LogP contribution in [0.3, 0.4) is 0 Å². The maximum atomic E-state index is 12.9. The molecule has 2 aromatic carbocycles. The Bertz CT molecular complexity index is 1160. The molecule has 0 radical (unpaired) electrons. The van der Waals surface area contributed by atoms with Crippen LogP contribution in [0.1, 0.15) is 44.7 Å². The Morgan fingerprint density at radius 1 is 1.00 bits per heavy atom. The molecule has 150 valence electrons. The predicted octanol–water partition coefficient (Wildman–Crippen LogP) is 3.42. The van der Waals surface area contributed by atoms with Gasteiger partial charge in [-0.1, -0.05) is 36.4 Å². The molecule has 4 rings (SSSR count). The third-order valence-electron chi connectivity index (χ3n) is 5.21. The molecule has 3 aromatic rings. The fraction of sp³-hybridized carbons (Fsp3) is 0.174. The maximum absolute atomic E-state index is 12.9. The number of nitrogens with zero attached hydrogens (tertiary/aromatic N) is 3. The van der Waals surface area contributed by atoms with E-state index in [1.807, 2.05) is 37.3 Å². The minimum atomic E-state index is -0.655. The number of nitrogens with one attached hydrogen (secondary N) is 1. The Morgan fingerprint density at radius 2 is 1.73 bits per heavy atom. The van der Waals surface area contributed by atoms with Crippen LogP contribution >= 0.6 is 0 Å². The summed E-state index contributed by atoms with van der Waals surface area (Å²) in [5, 5.41) is 11.0. The van der Waals surface area contributed by atoms with Gasteiger partial charge < -0.3 is 5.32 Å². The number of rotatable bonds is 4. The highest BCUT2D eigenvalue weighted by Gasteiger charge is 2.37. The van der Waals surface area contributed by atoms with Crippen LogP contribution in [0.25, 0.3) is 11.3 Å². The molecule has 7 heteroatoms. The first-order valence-electron chi connectivity index (χ1n) is 9.53. The maximum Gasteiger partial charge on any atom is 0.261 e. The summed E-state index contributed by atoms with van der Waals surface area (Å²) < 4.78 is 0. The second-order valence-electron chi connectivity index (χ2n) is 7.33. The van der Waals surface area contributed by atoms with Gasteiger partial charge >= 0.3 is 0 Å². The highest BCUT2D eigenvalue weighted by Crippen LogP contribution is 2.31. The number of aromatic nitrogens is 2. The lowest BCUT2D eigenvalue weighted by Gasteiger charge is -2.15. The van der Waals surface area contributed by atoms with E-state index in [1.165, 1.54) is 7.05 Å². The summed E-state index contributed by atoms with van der Waals surface area (Å²) in [5.41, 5.74) is 3.60. The summed E-state index contributed by atoms with van der Waals surface area (Å²) >= 11 is 0. The van der Waals surface area contributed by atoms with Gasteiger partial charge in [-0.3, -0.25) is 19.3 Å². The fourth-order valence-corrected chi connectivity index (χ4v) is 3.54. The van der Waals surface area contributed by atoms with E-state index in [0.717, 1.165) is 16.0 Å². The molecule has 0 saturated heterocycles. The van der Waals surface area contributed by atoms with Crippen molar-refractivity contribution in [1.82, 2.24) is 15.1 Å². The van der Waals surface area contributed by atoms with E-state index in [9.17, 15) is 14.4 Å². The van der Waals surface area contributed by atoms with Gasteiger partial charge in [0.05, 0.1) is 22.7 Å². The van der Waals surface area contributed by atoms with E-state index < -0.39 is 11.8 Å². The SMILES string of the molecule is Cc1cc2c(c(C(C)C(=O)Nc3ccc(-c4ccccc4)nn3)c1)C(=O)N(C)C2=O. The minimum Gasteiger partial charge on any atom is -0.309 e. The van der Waals surface area contributed by atoms with Crippen LogP contribution in [0.5, 0.6) is 0 Å². The largest absolute Gasteiger partial charge is 0.309 e. The Kier molecular flexibility index (Phi) is 4.87. The molecule has 3 amide bonds. The molecule has 1 aromatic heterocycles. The first kappa shape index (κ1) is 19.4. The molecule has 0 bridgehead atoms. The van der Waals surface area contributed by atoms with Crippen LogP contribution in [0.2, 0.25) is 0 Å². The molecule has 0 aliphatic carbocycles. The second kappa shape index (κ2) is 7.51. The molecule has 1 atom stereocenters. The van der Waals surface area contributed by atoms with Gasteiger partial charge in [-0.05, 0) is 43.2 Å². The van der Waals surface area contributed by atoms with Gasteiger partial charge in [-0.15, -0.1) is 10.2 Å². The van der Waals surface area contributed by atoms with Crippen LogP contribution in [0.4, 0.5) is 5.82 Å². The molecular weight excluding hydrogens is 380 g/mol. The molecular formula is C23H20N4O3. The van der Waals surface area contributed by atoms with Crippen molar-refractivity contribution in [2.75, 3.05) is 12.4 Å². The van der Waals surface area contributed by atoms with Crippen molar-refractivity contribution in [3.05, 3.63) is 76.9 Å². The number of carbonyl (C=O) groups excluding carboxylic acids is 3. The van der Waals surface area contributed by atoms with Crippen molar-refractivity contribution >= 4 is 23.5 Å². The van der Waals surface area contributed by atoms with Crippen molar-refractivity contribution < 1.29 is 14.4 Å². The number of benzene rings is 2. The van der Waals surface area contributed by atoms with Crippen molar-refractivity contribution in [3.8, 4) is 11.3 Å². The molecule has 1 aliphatic rings. The van der Waals surface area contributed by atoms with E-state index in [2.05, 4.69) is 15.5 Å². The lowest BCUT2D eigenvalue weighted by atomic mass is 9.90. The van der Waals surface area contributed by atoms with Crippen LogP contribution in [-0.2, 0) is 4.79 Å². The van der Waals surface area contributed by atoms with Gasteiger partial charge in [-0.2, -0.15) is 0 Å². The number of aryl methyl sites for hydroxylation is 1. The van der Waals surface area contributed by atoms with E-state index in [0.29, 0.717) is 28.2 Å². The van der Waals surface area contributed by atoms with Crippen LogP contribution in [0, 0.1) is 6.92 Å². The Hall–Kier alpha value is -3.87. The number of hydrogen-bond donors (Lipinski definition) is 1. The Morgan fingerprint density at radius 3 is 2.40 bits per heavy atom. The van der Waals surface area contributed by atoms with Crippen LogP contribution < -0.4 is 5.32 Å². The number of imide groups is 1. The van der Waals surface area contributed by atoms with Gasteiger partial charge in [0, 0.05) is 12.6 Å². The standard InChI is InChI=1S/C23H20N4O3/c1-13-11-16(20-17(12-13)22(29)27(3)23(20)30)14(2)21(28)24-19-10-9-18(25-26-19)15-7-5-4-6-8-15/h4-12,14H,1-3H3,(H,24,26,28). The van der Waals surface area contributed by atoms with Crippen molar-refractivity contribution in [1.29, 1.82) is 0 Å². The van der Waals surface area contributed by atoms with Gasteiger partial charge in [-0.25, -0.2) is 0 Å². The smallest absolute Gasteiger partial charge is 0.261 e. The van der Waals surface area contributed by atoms with Gasteiger partial charge in [0.15, 0.2) is 5.82 Å². The zero-order valence-corrected chi connectivity index (χ0v) is 16.8. The van der Waals surface area contributed by atoms with Crippen molar-refractivity contribution in [2.24, 2.45) is 0 Å². The summed E-state index contributed by atoms with van der Waals surface area (Å²) in [6, 6.07) is 16.5. The second-order valence-corrected chi connectivity index (χ2v) is 7.33. The van der Waals surface area contributed by atoms with Crippen molar-refractivity contribution in [3.63, 3.8) is 0 Å². The number of fused-ring (bicyclic) bond motifs is 1. The van der Waals surface area contributed by atoms with E-state index in [-0.39, 0.29) is 11.8 Å². The monoisotopic (exact) mass is 400 g/mol. The fourth-order valence-electron chi connectivity index (χ4n) is 3.54. The molecule has 0 spiro atoms. The third-order valence-corrected chi connectivity index (χ3v) is 5.21. The number of carbonyl (C=O) groups is 3. The molecule has 30 heavy (non-hydrogen) atoms. The summed E-state index contributed by atoms with van der Waals surface area (Å²) in [6.07, 6.45) is 0. The Balaban J connectivity index is 1.58. The van der Waals surface area contributed by atoms with Crippen LogP contribution in [-0.4, -0.2) is 39.9 Å². The van der Waals surface area contributed by atoms with Gasteiger partial charge in [0.2, 0.25) is 5.91 Å². The zero-order valence-electron chi connectivity index (χ0n) is 16.8. The van der Waals surface area contributed by atoms with Gasteiger partial charge in [0.25, 0.3) is 11.8 Å². The van der Waals surface area contributed by atoms with E-state index in [1.54, 1.807) is 31.2 Å². The number of anilines is 1. The first-order valence-corrected chi connectivity index (χ1v) is 9.53. The lowest BCUT2D eigenvalue weighted by Crippen LogP contribution is -2.25. The molecule has 1 N–H and O–H groups in total. The lowest BCUT2D eigenvalue weighted by molar-refractivity contribution is -0.117. The summed E-state index contributed by atoms with van der Waals surface area (Å²) in [4.78, 5) is 38.8. The molecule has 1 unspecified atom stereocenters. The van der Waals surface area contributed by atoms with Crippen molar-refractivity contribution in [2.45, 2.75) is 19.8 Å². The highest BCUT2D eigenvalue weighted by atomic mass is 16.2. The van der Waals surface area contributed by atoms with Gasteiger partial charge in [0.1, 0.15) is 0 Å². The third kappa shape index (κ3) is 3.34. The average molecular weight is 400 g/mol. The Labute approximate surface area is 173 Å². The summed E-state index contributed by atoms with van der Waals surface area (Å²) in [6.45, 7) is 3.53. The van der Waals surface area contributed by atoms with E-state index in [4.69, 9.17) is 0 Å². The molecule has 0 fully saturated rings. The highest BCUT2D eigenvalue weighted by molar-refractivity contribution is 6.22. The average Bonchev–Trinajstić information content (AvgIpc) is 2.97. The predicted molar refractivity (Wildman–Crippen MR) is 112 cm³/mol. The topological polar surface area (TPSA) is 92.3 Å².